The van der Waals surface area contributed by atoms with Crippen molar-refractivity contribution >= 4 is 11.7 Å². The minimum absolute atomic E-state index is 0.0220. The molecule has 25 heavy (non-hydrogen) atoms. The number of carbonyl (C=O) groups is 2. The summed E-state index contributed by atoms with van der Waals surface area (Å²) in [5.41, 5.74) is 8.48. The Morgan fingerprint density at radius 1 is 0.840 bits per heavy atom. The van der Waals surface area contributed by atoms with Crippen molar-refractivity contribution in [3.8, 4) is 11.1 Å². The van der Waals surface area contributed by atoms with Crippen molar-refractivity contribution in [3.63, 3.8) is 0 Å². The van der Waals surface area contributed by atoms with E-state index in [9.17, 15) is 9.59 Å². The lowest BCUT2D eigenvalue weighted by Gasteiger charge is -2.08. The normalized spacial score (nSPS) is 11.7. The van der Waals surface area contributed by atoms with Gasteiger partial charge in [0.05, 0.1) is 0 Å². The Balaban J connectivity index is 1.83. The van der Waals surface area contributed by atoms with Gasteiger partial charge in [0.25, 0.3) is 5.91 Å². The van der Waals surface area contributed by atoms with Gasteiger partial charge in [0.15, 0.2) is 12.4 Å². The molecule has 3 aromatic rings. The number of amides is 1. The van der Waals surface area contributed by atoms with Crippen molar-refractivity contribution in [3.05, 3.63) is 90.3 Å². The first-order chi connectivity index (χ1) is 12.1. The molecular formula is C21H19N2O2+. The second kappa shape index (κ2) is 7.09. The van der Waals surface area contributed by atoms with Crippen molar-refractivity contribution in [1.29, 1.82) is 0 Å². The molecule has 0 unspecified atom stereocenters. The number of hydrogen-bond acceptors (Lipinski definition) is 2. The van der Waals surface area contributed by atoms with Crippen LogP contribution >= 0.6 is 0 Å². The molecule has 4 nitrogen and oxygen atoms in total. The van der Waals surface area contributed by atoms with Gasteiger partial charge in [0, 0.05) is 18.6 Å². The van der Waals surface area contributed by atoms with Crippen molar-refractivity contribution in [2.24, 2.45) is 5.73 Å². The quantitative estimate of drug-likeness (QED) is 0.576. The number of nitrogens with two attached hydrogens (primary N) is 1. The Hall–Kier alpha value is -3.27. The minimum atomic E-state index is -0.513. The third kappa shape index (κ3) is 3.63. The summed E-state index contributed by atoms with van der Waals surface area (Å²) in [6.07, 6.45) is 3.36. The zero-order chi connectivity index (χ0) is 17.8. The standard InChI is InChI=1S/C21H18N2O2/c1-15(23-13-5-8-19(14-23)21(22)25)20(24)18-11-9-17(10-12-18)16-6-3-2-4-7-16/h2-15H,1H3,(H-,22,25)/p+1/t15-/m0/s1. The second-order valence-electron chi connectivity index (χ2n) is 5.89. The molecule has 1 aromatic heterocycles. The van der Waals surface area contributed by atoms with Crippen molar-refractivity contribution in [1.82, 2.24) is 0 Å². The SMILES string of the molecule is C[C@@H](C(=O)c1ccc(-c2ccccc2)cc1)[n+]1cccc(C(N)=O)c1. The van der Waals surface area contributed by atoms with Gasteiger partial charge in [-0.05, 0) is 17.2 Å². The minimum Gasteiger partial charge on any atom is -0.365 e. The Bertz CT molecular complexity index is 903. The van der Waals surface area contributed by atoms with E-state index in [1.807, 2.05) is 54.6 Å². The predicted octanol–water partition coefficient (Wildman–Crippen LogP) is 3.18. The van der Waals surface area contributed by atoms with Gasteiger partial charge in [-0.2, -0.15) is 4.57 Å². The van der Waals surface area contributed by atoms with Gasteiger partial charge in [-0.3, -0.25) is 9.59 Å². The van der Waals surface area contributed by atoms with Crippen LogP contribution in [0.2, 0.25) is 0 Å². The number of benzene rings is 2. The summed E-state index contributed by atoms with van der Waals surface area (Å²) < 4.78 is 1.70. The summed E-state index contributed by atoms with van der Waals surface area (Å²) in [6.45, 7) is 1.80. The monoisotopic (exact) mass is 331 g/mol. The highest BCUT2D eigenvalue weighted by atomic mass is 16.1. The number of ketones is 1. The zero-order valence-electron chi connectivity index (χ0n) is 13.9. The molecule has 4 heteroatoms. The molecule has 1 amide bonds. The highest BCUT2D eigenvalue weighted by molar-refractivity contribution is 5.98. The summed E-state index contributed by atoms with van der Waals surface area (Å²) in [5, 5.41) is 0. The maximum atomic E-state index is 12.7. The van der Waals surface area contributed by atoms with Gasteiger partial charge < -0.3 is 5.73 Å². The summed E-state index contributed by atoms with van der Waals surface area (Å²) in [4.78, 5) is 24.0. The van der Waals surface area contributed by atoms with Gasteiger partial charge in [-0.25, -0.2) is 0 Å². The number of pyridine rings is 1. The van der Waals surface area contributed by atoms with E-state index in [1.54, 1.807) is 36.0 Å². The fourth-order valence-corrected chi connectivity index (χ4v) is 2.71. The molecule has 124 valence electrons. The van der Waals surface area contributed by atoms with Gasteiger partial charge in [0.1, 0.15) is 5.56 Å². The third-order valence-electron chi connectivity index (χ3n) is 4.21. The number of primary amides is 1. The van der Waals surface area contributed by atoms with E-state index in [4.69, 9.17) is 5.73 Å². The third-order valence-corrected chi connectivity index (χ3v) is 4.21. The smallest absolute Gasteiger partial charge is 0.254 e. The Morgan fingerprint density at radius 2 is 1.48 bits per heavy atom. The molecule has 0 aliphatic rings. The van der Waals surface area contributed by atoms with E-state index in [1.165, 1.54) is 0 Å². The lowest BCUT2D eigenvalue weighted by Crippen LogP contribution is -2.42. The van der Waals surface area contributed by atoms with E-state index in [0.717, 1.165) is 11.1 Å². The summed E-state index contributed by atoms with van der Waals surface area (Å²) >= 11 is 0. The van der Waals surface area contributed by atoms with Crippen molar-refractivity contribution in [2.75, 3.05) is 0 Å². The molecule has 0 saturated heterocycles. The first-order valence-electron chi connectivity index (χ1n) is 8.06. The molecular weight excluding hydrogens is 312 g/mol. The van der Waals surface area contributed by atoms with Crippen LogP contribution in [-0.2, 0) is 0 Å². The summed E-state index contributed by atoms with van der Waals surface area (Å²) in [6, 6.07) is 20.5. The van der Waals surface area contributed by atoms with Gasteiger partial charge >= 0.3 is 0 Å². The van der Waals surface area contributed by atoms with Crippen LogP contribution in [0.15, 0.2) is 79.1 Å². The number of rotatable bonds is 5. The Kier molecular flexibility index (Phi) is 4.70. The number of nitrogens with zero attached hydrogens (tertiary/aromatic N) is 1. The van der Waals surface area contributed by atoms with Crippen molar-refractivity contribution < 1.29 is 14.2 Å². The molecule has 3 rings (SSSR count). The van der Waals surface area contributed by atoms with Crippen molar-refractivity contribution in [2.45, 2.75) is 13.0 Å². The number of carbonyl (C=O) groups excluding carboxylic acids is 2. The molecule has 0 aliphatic carbocycles. The van der Waals surface area contributed by atoms with E-state index in [2.05, 4.69) is 0 Å². The van der Waals surface area contributed by atoms with Gasteiger partial charge in [0.2, 0.25) is 11.8 Å². The lowest BCUT2D eigenvalue weighted by atomic mass is 10.00. The van der Waals surface area contributed by atoms with Crippen LogP contribution in [-0.4, -0.2) is 11.7 Å². The fourth-order valence-electron chi connectivity index (χ4n) is 2.71. The maximum Gasteiger partial charge on any atom is 0.254 e. The van der Waals surface area contributed by atoms with E-state index in [0.29, 0.717) is 11.1 Å². The maximum absolute atomic E-state index is 12.7. The molecule has 0 spiro atoms. The molecule has 0 bridgehead atoms. The van der Waals surface area contributed by atoms with Gasteiger partial charge in [-0.15, -0.1) is 0 Å². The number of Topliss-reactive ketones (excluding diaryl/α,β-unsaturated/α-hetero) is 1. The zero-order valence-corrected chi connectivity index (χ0v) is 13.9. The van der Waals surface area contributed by atoms with Gasteiger partial charge in [-0.1, -0.05) is 54.6 Å². The molecule has 2 N–H and O–H groups in total. The van der Waals surface area contributed by atoms with Crippen LogP contribution in [0, 0.1) is 0 Å². The van der Waals surface area contributed by atoms with E-state index < -0.39 is 11.9 Å². The first kappa shape index (κ1) is 16.6. The van der Waals surface area contributed by atoms with Crippen LogP contribution in [0.25, 0.3) is 11.1 Å². The predicted molar refractivity (Wildman–Crippen MR) is 96.1 cm³/mol. The van der Waals surface area contributed by atoms with E-state index >= 15 is 0 Å². The van der Waals surface area contributed by atoms with Crippen LogP contribution in [0.4, 0.5) is 0 Å². The second-order valence-corrected chi connectivity index (χ2v) is 5.89. The molecule has 0 saturated carbocycles. The molecule has 1 heterocycles. The average molecular weight is 331 g/mol. The highest BCUT2D eigenvalue weighted by Gasteiger charge is 2.24. The molecule has 0 aliphatic heterocycles. The molecule has 1 atom stereocenters. The fraction of sp³-hybridized carbons (Fsp3) is 0.0952. The van der Waals surface area contributed by atoms with Crippen LogP contribution in [0.1, 0.15) is 33.7 Å². The first-order valence-corrected chi connectivity index (χ1v) is 8.06. The molecule has 0 fully saturated rings. The highest BCUT2D eigenvalue weighted by Crippen LogP contribution is 2.20. The Labute approximate surface area is 146 Å². The average Bonchev–Trinajstić information content (AvgIpc) is 2.67. The summed E-state index contributed by atoms with van der Waals surface area (Å²) in [5.74, 6) is -0.535. The lowest BCUT2D eigenvalue weighted by molar-refractivity contribution is -0.704. The largest absolute Gasteiger partial charge is 0.365 e. The van der Waals surface area contributed by atoms with Crippen LogP contribution < -0.4 is 10.3 Å². The molecule has 2 aromatic carbocycles. The number of hydrogen-bond donors (Lipinski definition) is 1. The summed E-state index contributed by atoms with van der Waals surface area (Å²) in [7, 11) is 0. The molecule has 0 radical (unpaired) electrons. The number of aromatic nitrogens is 1. The topological polar surface area (TPSA) is 64.0 Å². The van der Waals surface area contributed by atoms with Crippen LogP contribution in [0.5, 0.6) is 0 Å². The van der Waals surface area contributed by atoms with Crippen LogP contribution in [0.3, 0.4) is 0 Å². The Morgan fingerprint density at radius 3 is 2.12 bits per heavy atom. The van der Waals surface area contributed by atoms with E-state index in [-0.39, 0.29) is 5.78 Å².